The van der Waals surface area contributed by atoms with Gasteiger partial charge in [-0.1, -0.05) is 66.7 Å². The molecule has 0 N–H and O–H groups in total. The molecule has 6 aromatic carbocycles. The van der Waals surface area contributed by atoms with Crippen LogP contribution in [0, 0.1) is 0 Å². The highest BCUT2D eigenvalue weighted by Gasteiger charge is 2.19. The molecule has 9 rings (SSSR count). The lowest BCUT2D eigenvalue weighted by Gasteiger charge is -2.10. The SMILES string of the molecule is COc1ccc(-c2cc3cc4ccccc4cc3c3nc4c5sc6ccc7ccccc7c6c5ccn4c23)cc1. The van der Waals surface area contributed by atoms with Gasteiger partial charge in [-0.05, 0) is 75.0 Å². The van der Waals surface area contributed by atoms with E-state index in [1.807, 2.05) is 23.5 Å². The van der Waals surface area contributed by atoms with Gasteiger partial charge in [-0.15, -0.1) is 11.3 Å². The molecule has 9 aromatic rings. The minimum Gasteiger partial charge on any atom is -0.497 e. The van der Waals surface area contributed by atoms with E-state index in [0.29, 0.717) is 0 Å². The van der Waals surface area contributed by atoms with Crippen LogP contribution in [0.25, 0.3) is 80.3 Å². The molecule has 0 aliphatic carbocycles. The second kappa shape index (κ2) is 8.04. The first-order valence-electron chi connectivity index (χ1n) is 13.4. The third-order valence-corrected chi connectivity index (χ3v) is 9.42. The summed E-state index contributed by atoms with van der Waals surface area (Å²) in [4.78, 5) is 5.42. The molecule has 0 saturated carbocycles. The summed E-state index contributed by atoms with van der Waals surface area (Å²) >= 11 is 1.84. The Morgan fingerprint density at radius 2 is 1.45 bits per heavy atom. The molecule has 188 valence electrons. The zero-order valence-electron chi connectivity index (χ0n) is 21.7. The van der Waals surface area contributed by atoms with Crippen LogP contribution < -0.4 is 4.74 Å². The lowest BCUT2D eigenvalue weighted by Crippen LogP contribution is -1.89. The highest BCUT2D eigenvalue weighted by atomic mass is 32.1. The normalized spacial score (nSPS) is 12.1. The number of aromatic nitrogens is 2. The van der Waals surface area contributed by atoms with Crippen molar-refractivity contribution in [3.05, 3.63) is 115 Å². The zero-order chi connectivity index (χ0) is 26.4. The predicted octanol–water partition coefficient (Wildman–Crippen LogP) is 9.99. The molecule has 0 atom stereocenters. The van der Waals surface area contributed by atoms with E-state index in [4.69, 9.17) is 9.72 Å². The number of pyridine rings is 1. The van der Waals surface area contributed by atoms with E-state index in [1.54, 1.807) is 7.11 Å². The lowest BCUT2D eigenvalue weighted by molar-refractivity contribution is 0.415. The summed E-state index contributed by atoms with van der Waals surface area (Å²) in [6, 6.07) is 39.3. The molecule has 0 saturated heterocycles. The number of thiophene rings is 1. The number of fused-ring (bicyclic) bond motifs is 12. The van der Waals surface area contributed by atoms with Crippen LogP contribution in [-0.2, 0) is 0 Å². The van der Waals surface area contributed by atoms with E-state index in [0.717, 1.165) is 28.0 Å². The summed E-state index contributed by atoms with van der Waals surface area (Å²) in [6.45, 7) is 0. The third-order valence-electron chi connectivity index (χ3n) is 8.25. The van der Waals surface area contributed by atoms with Crippen LogP contribution in [0.3, 0.4) is 0 Å². The van der Waals surface area contributed by atoms with Gasteiger partial charge >= 0.3 is 0 Å². The summed E-state index contributed by atoms with van der Waals surface area (Å²) in [5.74, 6) is 0.851. The van der Waals surface area contributed by atoms with E-state index in [1.165, 1.54) is 58.1 Å². The summed E-state index contributed by atoms with van der Waals surface area (Å²) < 4.78 is 10.3. The molecule has 0 bridgehead atoms. The summed E-state index contributed by atoms with van der Waals surface area (Å²) in [5.41, 5.74) is 5.48. The number of hydrogen-bond donors (Lipinski definition) is 0. The highest BCUT2D eigenvalue weighted by molar-refractivity contribution is 7.26. The van der Waals surface area contributed by atoms with E-state index in [-0.39, 0.29) is 0 Å². The molecule has 0 radical (unpaired) electrons. The molecular formula is C36H22N2OS. The minimum atomic E-state index is 0.851. The second-order valence-electron chi connectivity index (χ2n) is 10.4. The molecule has 0 amide bonds. The Kier molecular flexibility index (Phi) is 4.41. The number of hydrogen-bond acceptors (Lipinski definition) is 3. The average molecular weight is 531 g/mol. The van der Waals surface area contributed by atoms with Gasteiger partial charge in [0.05, 0.1) is 22.8 Å². The Morgan fingerprint density at radius 1 is 0.675 bits per heavy atom. The van der Waals surface area contributed by atoms with Gasteiger partial charge in [-0.2, -0.15) is 0 Å². The van der Waals surface area contributed by atoms with Crippen LogP contribution in [0.15, 0.2) is 115 Å². The number of benzene rings is 6. The maximum Gasteiger partial charge on any atom is 0.156 e. The second-order valence-corrected chi connectivity index (χ2v) is 11.4. The van der Waals surface area contributed by atoms with E-state index >= 15 is 0 Å². The standard InChI is InChI=1S/C36H22N2OS/c1-39-26-13-10-22(11-14-26)30-20-25-18-23-7-2-3-8-24(23)19-29(25)33-34(30)38-17-16-28-32-27-9-5-4-6-21(27)12-15-31(32)40-35(28)36(38)37-33/h2-20H,1H3. The van der Waals surface area contributed by atoms with Gasteiger partial charge < -0.3 is 4.74 Å². The Morgan fingerprint density at radius 3 is 2.27 bits per heavy atom. The Balaban J connectivity index is 1.46. The molecular weight excluding hydrogens is 508 g/mol. The Labute approximate surface area is 233 Å². The van der Waals surface area contributed by atoms with Gasteiger partial charge in [0.2, 0.25) is 0 Å². The molecule has 0 unspecified atom stereocenters. The predicted molar refractivity (Wildman–Crippen MR) is 170 cm³/mol. The first-order chi connectivity index (χ1) is 19.8. The monoisotopic (exact) mass is 530 g/mol. The molecule has 0 aliphatic heterocycles. The van der Waals surface area contributed by atoms with Gasteiger partial charge in [-0.3, -0.25) is 4.40 Å². The Bertz CT molecular complexity index is 2470. The fraction of sp³-hybridized carbons (Fsp3) is 0.0278. The molecule has 40 heavy (non-hydrogen) atoms. The number of methoxy groups -OCH3 is 1. The van der Waals surface area contributed by atoms with Gasteiger partial charge in [0, 0.05) is 32.6 Å². The van der Waals surface area contributed by atoms with E-state index in [9.17, 15) is 0 Å². The van der Waals surface area contributed by atoms with Crippen molar-refractivity contribution in [2.45, 2.75) is 0 Å². The molecule has 0 aliphatic rings. The lowest BCUT2D eigenvalue weighted by atomic mass is 9.96. The smallest absolute Gasteiger partial charge is 0.156 e. The number of nitrogens with zero attached hydrogens (tertiary/aromatic N) is 2. The van der Waals surface area contributed by atoms with Gasteiger partial charge in [0.1, 0.15) is 5.75 Å². The fourth-order valence-corrected chi connectivity index (χ4v) is 7.54. The van der Waals surface area contributed by atoms with E-state index in [2.05, 4.69) is 108 Å². The van der Waals surface area contributed by atoms with Crippen molar-refractivity contribution in [2.24, 2.45) is 0 Å². The van der Waals surface area contributed by atoms with Crippen LogP contribution >= 0.6 is 11.3 Å². The number of imidazole rings is 1. The van der Waals surface area contributed by atoms with Crippen molar-refractivity contribution in [1.82, 2.24) is 9.38 Å². The highest BCUT2D eigenvalue weighted by Crippen LogP contribution is 2.43. The molecule has 4 heteroatoms. The van der Waals surface area contributed by atoms with E-state index < -0.39 is 0 Å². The fourth-order valence-electron chi connectivity index (χ4n) is 6.35. The van der Waals surface area contributed by atoms with Crippen molar-refractivity contribution in [3.63, 3.8) is 0 Å². The van der Waals surface area contributed by atoms with Crippen LogP contribution in [0.4, 0.5) is 0 Å². The largest absolute Gasteiger partial charge is 0.497 e. The van der Waals surface area contributed by atoms with Crippen molar-refractivity contribution in [2.75, 3.05) is 7.11 Å². The molecule has 3 heterocycles. The number of ether oxygens (including phenoxy) is 1. The van der Waals surface area contributed by atoms with Gasteiger partial charge in [0.25, 0.3) is 0 Å². The summed E-state index contributed by atoms with van der Waals surface area (Å²) in [7, 11) is 1.71. The quantitative estimate of drug-likeness (QED) is 0.208. The van der Waals surface area contributed by atoms with Gasteiger partial charge in [0.15, 0.2) is 5.65 Å². The average Bonchev–Trinajstić information content (AvgIpc) is 3.59. The maximum absolute atomic E-state index is 5.46. The number of rotatable bonds is 2. The molecule has 0 fully saturated rings. The van der Waals surface area contributed by atoms with Crippen molar-refractivity contribution < 1.29 is 4.74 Å². The molecule has 0 spiro atoms. The van der Waals surface area contributed by atoms with Crippen molar-refractivity contribution >= 4 is 80.5 Å². The molecule has 3 aromatic heterocycles. The third kappa shape index (κ3) is 2.97. The van der Waals surface area contributed by atoms with Crippen LogP contribution in [0.2, 0.25) is 0 Å². The first kappa shape index (κ1) is 21.9. The van der Waals surface area contributed by atoms with Crippen molar-refractivity contribution in [3.8, 4) is 16.9 Å². The van der Waals surface area contributed by atoms with Gasteiger partial charge in [-0.25, -0.2) is 4.98 Å². The molecule has 3 nitrogen and oxygen atoms in total. The van der Waals surface area contributed by atoms with Crippen LogP contribution in [0.5, 0.6) is 5.75 Å². The van der Waals surface area contributed by atoms with Crippen LogP contribution in [-0.4, -0.2) is 16.5 Å². The summed E-state index contributed by atoms with van der Waals surface area (Å²) in [5, 5.41) is 9.97. The zero-order valence-corrected chi connectivity index (χ0v) is 22.5. The maximum atomic E-state index is 5.46. The van der Waals surface area contributed by atoms with Crippen LogP contribution in [0.1, 0.15) is 0 Å². The summed E-state index contributed by atoms with van der Waals surface area (Å²) in [6.07, 6.45) is 2.21. The topological polar surface area (TPSA) is 26.5 Å². The first-order valence-corrected chi connectivity index (χ1v) is 14.2. The minimum absolute atomic E-state index is 0.851. The Hall–Kier alpha value is -4.93. The van der Waals surface area contributed by atoms with Crippen molar-refractivity contribution in [1.29, 1.82) is 0 Å².